The van der Waals surface area contributed by atoms with Crippen molar-refractivity contribution >= 4 is 16.8 Å². The van der Waals surface area contributed by atoms with E-state index in [1.807, 2.05) is 77.3 Å². The van der Waals surface area contributed by atoms with E-state index in [1.165, 1.54) is 0 Å². The number of piperidine rings is 1. The summed E-state index contributed by atoms with van der Waals surface area (Å²) in [6, 6.07) is 17.7. The maximum absolute atomic E-state index is 13.0. The molecule has 1 amide bonds. The number of rotatable bonds is 3. The molecule has 1 N–H and O–H groups in total. The lowest BCUT2D eigenvalue weighted by Gasteiger charge is -2.34. The van der Waals surface area contributed by atoms with Crippen molar-refractivity contribution in [3.05, 3.63) is 71.9 Å². The topological polar surface area (TPSA) is 45.5 Å². The monoisotopic (exact) mass is 348 g/mol. The van der Waals surface area contributed by atoms with Crippen LogP contribution in [0.2, 0.25) is 0 Å². The molecule has 1 fully saturated rings. The smallest absolute Gasteiger partial charge is 0.254 e. The van der Waals surface area contributed by atoms with E-state index < -0.39 is 6.10 Å². The number of benzene rings is 2. The minimum absolute atomic E-state index is 0.0921. The molecule has 134 valence electrons. The molecule has 0 aliphatic carbocycles. The number of nitrogens with zero attached hydrogens (tertiary/aromatic N) is 2. The Balaban J connectivity index is 1.47. The summed E-state index contributed by atoms with van der Waals surface area (Å²) in [6.45, 7) is 1.38. The number of fused-ring (bicyclic) bond motifs is 1. The molecule has 1 unspecified atom stereocenters. The van der Waals surface area contributed by atoms with Crippen molar-refractivity contribution in [1.82, 2.24) is 9.47 Å². The highest BCUT2D eigenvalue weighted by molar-refractivity contribution is 6.06. The number of aryl methyl sites for hydroxylation is 1. The predicted molar refractivity (Wildman–Crippen MR) is 103 cm³/mol. The summed E-state index contributed by atoms with van der Waals surface area (Å²) in [5.74, 6) is 0.295. The maximum atomic E-state index is 13.0. The third-order valence-corrected chi connectivity index (χ3v) is 5.57. The van der Waals surface area contributed by atoms with Crippen LogP contribution >= 0.6 is 0 Å². The fraction of sp³-hybridized carbons (Fsp3) is 0.318. The van der Waals surface area contributed by atoms with Gasteiger partial charge in [-0.2, -0.15) is 0 Å². The molecule has 2 heterocycles. The average Bonchev–Trinajstić information content (AvgIpc) is 3.09. The average molecular weight is 348 g/mol. The highest BCUT2D eigenvalue weighted by Crippen LogP contribution is 2.31. The number of hydrogen-bond donors (Lipinski definition) is 1. The lowest BCUT2D eigenvalue weighted by Crippen LogP contribution is -2.39. The normalized spacial score (nSPS) is 16.8. The molecule has 0 spiro atoms. The van der Waals surface area contributed by atoms with Gasteiger partial charge in [0, 0.05) is 42.8 Å². The SMILES string of the molecule is Cn1ccc2c(C(=O)N3CCC(C(O)c4ccccc4)CC3)cccc21. The van der Waals surface area contributed by atoms with Crippen LogP contribution in [-0.2, 0) is 7.05 Å². The van der Waals surface area contributed by atoms with Crippen LogP contribution in [0.5, 0.6) is 0 Å². The first-order chi connectivity index (χ1) is 12.6. The Morgan fingerprint density at radius 1 is 1.04 bits per heavy atom. The Bertz CT molecular complexity index is 908. The number of carbonyl (C=O) groups is 1. The van der Waals surface area contributed by atoms with E-state index in [0.717, 1.165) is 34.9 Å². The fourth-order valence-electron chi connectivity index (χ4n) is 4.00. The predicted octanol–water partition coefficient (Wildman–Crippen LogP) is 3.76. The van der Waals surface area contributed by atoms with Crippen LogP contribution < -0.4 is 0 Å². The Morgan fingerprint density at radius 3 is 2.50 bits per heavy atom. The van der Waals surface area contributed by atoms with Crippen LogP contribution in [-0.4, -0.2) is 33.6 Å². The van der Waals surface area contributed by atoms with Gasteiger partial charge in [0.25, 0.3) is 5.91 Å². The minimum Gasteiger partial charge on any atom is -0.388 e. The molecule has 1 aliphatic rings. The van der Waals surface area contributed by atoms with E-state index in [1.54, 1.807) is 0 Å². The summed E-state index contributed by atoms with van der Waals surface area (Å²) < 4.78 is 2.04. The van der Waals surface area contributed by atoms with Gasteiger partial charge in [-0.1, -0.05) is 36.4 Å². The van der Waals surface area contributed by atoms with E-state index >= 15 is 0 Å². The molecule has 1 saturated heterocycles. The van der Waals surface area contributed by atoms with Crippen LogP contribution in [0.1, 0.15) is 34.9 Å². The van der Waals surface area contributed by atoms with Gasteiger partial charge in [0.2, 0.25) is 0 Å². The van der Waals surface area contributed by atoms with Crippen LogP contribution in [0.25, 0.3) is 10.9 Å². The van der Waals surface area contributed by atoms with Crippen molar-refractivity contribution < 1.29 is 9.90 Å². The number of hydrogen-bond acceptors (Lipinski definition) is 2. The van der Waals surface area contributed by atoms with Crippen molar-refractivity contribution in [2.75, 3.05) is 13.1 Å². The van der Waals surface area contributed by atoms with Gasteiger partial charge in [0.05, 0.1) is 6.10 Å². The van der Waals surface area contributed by atoms with Crippen LogP contribution in [0.4, 0.5) is 0 Å². The Hall–Kier alpha value is -2.59. The zero-order chi connectivity index (χ0) is 18.1. The molecule has 0 radical (unpaired) electrons. The van der Waals surface area contributed by atoms with Crippen molar-refractivity contribution in [3.63, 3.8) is 0 Å². The molecule has 3 aromatic rings. The molecule has 1 atom stereocenters. The first-order valence-electron chi connectivity index (χ1n) is 9.21. The van der Waals surface area contributed by atoms with Crippen molar-refractivity contribution in [2.24, 2.45) is 13.0 Å². The molecule has 4 heteroatoms. The molecule has 26 heavy (non-hydrogen) atoms. The number of carbonyl (C=O) groups excluding carboxylic acids is 1. The van der Waals surface area contributed by atoms with E-state index in [0.29, 0.717) is 13.1 Å². The first-order valence-corrected chi connectivity index (χ1v) is 9.21. The molecule has 4 nitrogen and oxygen atoms in total. The summed E-state index contributed by atoms with van der Waals surface area (Å²) in [6.07, 6.45) is 3.19. The van der Waals surface area contributed by atoms with E-state index in [9.17, 15) is 9.90 Å². The van der Waals surface area contributed by atoms with Crippen LogP contribution in [0, 0.1) is 5.92 Å². The Kier molecular flexibility index (Phi) is 4.51. The third kappa shape index (κ3) is 3.01. The van der Waals surface area contributed by atoms with Gasteiger partial charge in [-0.15, -0.1) is 0 Å². The first kappa shape index (κ1) is 16.9. The Labute approximate surface area is 153 Å². The summed E-state index contributed by atoms with van der Waals surface area (Å²) >= 11 is 0. The lowest BCUT2D eigenvalue weighted by molar-refractivity contribution is 0.0463. The molecular weight excluding hydrogens is 324 g/mol. The maximum Gasteiger partial charge on any atom is 0.254 e. The number of amides is 1. The molecular formula is C22H24N2O2. The van der Waals surface area contributed by atoms with E-state index in [2.05, 4.69) is 0 Å². The van der Waals surface area contributed by atoms with Crippen LogP contribution in [0.15, 0.2) is 60.8 Å². The number of likely N-dealkylation sites (tertiary alicyclic amines) is 1. The van der Waals surface area contributed by atoms with E-state index in [4.69, 9.17) is 0 Å². The van der Waals surface area contributed by atoms with Gasteiger partial charge in [0.1, 0.15) is 0 Å². The highest BCUT2D eigenvalue weighted by atomic mass is 16.3. The zero-order valence-electron chi connectivity index (χ0n) is 15.0. The standard InChI is InChI=1S/C22H24N2O2/c1-23-13-12-18-19(8-5-9-20(18)23)22(26)24-14-10-17(11-15-24)21(25)16-6-3-2-4-7-16/h2-9,12-13,17,21,25H,10-11,14-15H2,1H3. The number of aliphatic hydroxyl groups is 1. The van der Waals surface area contributed by atoms with Gasteiger partial charge in [0.15, 0.2) is 0 Å². The second-order valence-electron chi connectivity index (χ2n) is 7.15. The van der Waals surface area contributed by atoms with Gasteiger partial charge >= 0.3 is 0 Å². The fourth-order valence-corrected chi connectivity index (χ4v) is 4.00. The van der Waals surface area contributed by atoms with E-state index in [-0.39, 0.29) is 11.8 Å². The van der Waals surface area contributed by atoms with Crippen LogP contribution in [0.3, 0.4) is 0 Å². The molecule has 1 aliphatic heterocycles. The molecule has 0 bridgehead atoms. The third-order valence-electron chi connectivity index (χ3n) is 5.57. The zero-order valence-corrected chi connectivity index (χ0v) is 15.0. The molecule has 2 aromatic carbocycles. The second kappa shape index (κ2) is 6.96. The molecule has 0 saturated carbocycles. The summed E-state index contributed by atoms with van der Waals surface area (Å²) in [5.41, 5.74) is 2.81. The Morgan fingerprint density at radius 2 is 1.77 bits per heavy atom. The van der Waals surface area contributed by atoms with Crippen molar-refractivity contribution in [1.29, 1.82) is 0 Å². The van der Waals surface area contributed by atoms with Gasteiger partial charge in [-0.3, -0.25) is 4.79 Å². The molecule has 4 rings (SSSR count). The second-order valence-corrected chi connectivity index (χ2v) is 7.15. The van der Waals surface area contributed by atoms with Gasteiger partial charge in [-0.25, -0.2) is 0 Å². The lowest BCUT2D eigenvalue weighted by atomic mass is 9.87. The quantitative estimate of drug-likeness (QED) is 0.783. The molecule has 1 aromatic heterocycles. The van der Waals surface area contributed by atoms with Gasteiger partial charge in [-0.05, 0) is 42.5 Å². The largest absolute Gasteiger partial charge is 0.388 e. The number of aromatic nitrogens is 1. The van der Waals surface area contributed by atoms with Crippen molar-refractivity contribution in [3.8, 4) is 0 Å². The highest BCUT2D eigenvalue weighted by Gasteiger charge is 2.29. The number of aliphatic hydroxyl groups excluding tert-OH is 1. The van der Waals surface area contributed by atoms with Crippen molar-refractivity contribution in [2.45, 2.75) is 18.9 Å². The summed E-state index contributed by atoms with van der Waals surface area (Å²) in [7, 11) is 1.99. The minimum atomic E-state index is -0.453. The summed E-state index contributed by atoms with van der Waals surface area (Å²) in [4.78, 5) is 15.0. The summed E-state index contributed by atoms with van der Waals surface area (Å²) in [5, 5.41) is 11.6. The van der Waals surface area contributed by atoms with Gasteiger partial charge < -0.3 is 14.6 Å².